The number of fused-ring (bicyclic) bond motifs is 1. The molecule has 5 heteroatoms. The molecule has 2 aromatic rings. The zero-order valence-corrected chi connectivity index (χ0v) is 11.2. The van der Waals surface area contributed by atoms with Gasteiger partial charge in [0.25, 0.3) is 0 Å². The summed E-state index contributed by atoms with van der Waals surface area (Å²) < 4.78 is 12.5. The fraction of sp³-hybridized carbons (Fsp3) is 0.500. The lowest BCUT2D eigenvalue weighted by molar-refractivity contribution is -0.0610. The van der Waals surface area contributed by atoms with Crippen LogP contribution in [0, 0.1) is 0 Å². The van der Waals surface area contributed by atoms with E-state index < -0.39 is 0 Å². The van der Waals surface area contributed by atoms with Crippen molar-refractivity contribution in [2.75, 3.05) is 13.2 Å². The smallest absolute Gasteiger partial charge is 0.408 e. The normalized spacial score (nSPS) is 24.9. The fourth-order valence-electron chi connectivity index (χ4n) is 2.50. The van der Waals surface area contributed by atoms with E-state index in [1.165, 1.54) is 0 Å². The highest BCUT2D eigenvalue weighted by molar-refractivity contribution is 5.72. The third kappa shape index (κ3) is 2.31. The minimum Gasteiger partial charge on any atom is -0.408 e. The van der Waals surface area contributed by atoms with E-state index in [4.69, 9.17) is 9.15 Å². The monoisotopic (exact) mass is 262 g/mol. The molecule has 1 aliphatic heterocycles. The van der Waals surface area contributed by atoms with Crippen molar-refractivity contribution in [3.8, 4) is 0 Å². The first kappa shape index (κ1) is 12.4. The molecule has 1 aromatic carbocycles. The highest BCUT2D eigenvalue weighted by Crippen LogP contribution is 2.16. The van der Waals surface area contributed by atoms with Crippen molar-refractivity contribution in [1.82, 2.24) is 9.47 Å². The summed E-state index contributed by atoms with van der Waals surface area (Å²) >= 11 is 0. The van der Waals surface area contributed by atoms with E-state index in [0.29, 0.717) is 24.9 Å². The van der Waals surface area contributed by atoms with Crippen LogP contribution in [-0.2, 0) is 11.4 Å². The summed E-state index contributed by atoms with van der Waals surface area (Å²) in [6, 6.07) is 7.82. The van der Waals surface area contributed by atoms with Gasteiger partial charge in [0.15, 0.2) is 5.58 Å². The van der Waals surface area contributed by atoms with E-state index in [2.05, 4.69) is 18.7 Å². The molecule has 0 N–H and O–H groups in total. The average molecular weight is 262 g/mol. The van der Waals surface area contributed by atoms with Gasteiger partial charge in [-0.25, -0.2) is 4.79 Å². The van der Waals surface area contributed by atoms with Crippen molar-refractivity contribution >= 4 is 11.1 Å². The zero-order valence-electron chi connectivity index (χ0n) is 11.2. The second-order valence-corrected chi connectivity index (χ2v) is 5.17. The Kier molecular flexibility index (Phi) is 3.16. The Morgan fingerprint density at radius 1 is 1.32 bits per heavy atom. The lowest BCUT2D eigenvalue weighted by Gasteiger charge is -2.36. The van der Waals surface area contributed by atoms with E-state index in [9.17, 15) is 4.79 Å². The maximum atomic E-state index is 11.9. The lowest BCUT2D eigenvalue weighted by Crippen LogP contribution is -2.48. The van der Waals surface area contributed by atoms with Crippen LogP contribution in [-0.4, -0.2) is 34.8 Å². The van der Waals surface area contributed by atoms with Gasteiger partial charge in [-0.2, -0.15) is 0 Å². The molecule has 5 nitrogen and oxygen atoms in total. The molecular weight excluding hydrogens is 244 g/mol. The molecule has 1 aromatic heterocycles. The van der Waals surface area contributed by atoms with Crippen LogP contribution in [0.15, 0.2) is 33.5 Å². The Morgan fingerprint density at radius 2 is 2.11 bits per heavy atom. The van der Waals surface area contributed by atoms with Crippen molar-refractivity contribution in [2.24, 2.45) is 0 Å². The predicted molar refractivity (Wildman–Crippen MR) is 72.1 cm³/mol. The molecule has 1 saturated heterocycles. The maximum absolute atomic E-state index is 11.9. The molecule has 0 aliphatic carbocycles. The molecule has 19 heavy (non-hydrogen) atoms. The molecule has 0 spiro atoms. The molecular formula is C14H18N2O3. The Morgan fingerprint density at radius 3 is 2.95 bits per heavy atom. The number of aromatic nitrogens is 1. The second kappa shape index (κ2) is 4.83. The van der Waals surface area contributed by atoms with E-state index in [1.54, 1.807) is 4.57 Å². The number of hydrogen-bond donors (Lipinski definition) is 0. The molecule has 102 valence electrons. The summed E-state index contributed by atoms with van der Waals surface area (Å²) in [5.41, 5.74) is 1.49. The van der Waals surface area contributed by atoms with E-state index >= 15 is 0 Å². The van der Waals surface area contributed by atoms with Crippen LogP contribution in [0.25, 0.3) is 11.1 Å². The quantitative estimate of drug-likeness (QED) is 0.826. The third-order valence-electron chi connectivity index (χ3n) is 3.63. The molecule has 1 aliphatic rings. The van der Waals surface area contributed by atoms with E-state index in [1.807, 2.05) is 24.3 Å². The van der Waals surface area contributed by atoms with Gasteiger partial charge < -0.3 is 9.15 Å². The maximum Gasteiger partial charge on any atom is 0.421 e. The first-order valence-corrected chi connectivity index (χ1v) is 6.59. The summed E-state index contributed by atoms with van der Waals surface area (Å²) in [7, 11) is 0. The summed E-state index contributed by atoms with van der Waals surface area (Å²) in [5, 5.41) is 0. The summed E-state index contributed by atoms with van der Waals surface area (Å²) in [6.45, 7) is 6.23. The molecule has 0 radical (unpaired) electrons. The summed E-state index contributed by atoms with van der Waals surface area (Å²) in [4.78, 5) is 14.2. The molecule has 0 unspecified atom stereocenters. The lowest BCUT2D eigenvalue weighted by atomic mass is 10.2. The largest absolute Gasteiger partial charge is 0.421 e. The predicted octanol–water partition coefficient (Wildman–Crippen LogP) is 1.66. The van der Waals surface area contributed by atoms with Crippen LogP contribution in [0.2, 0.25) is 0 Å². The van der Waals surface area contributed by atoms with Gasteiger partial charge in [-0.1, -0.05) is 12.1 Å². The Hall–Kier alpha value is -1.59. The molecule has 2 heterocycles. The summed E-state index contributed by atoms with van der Waals surface area (Å²) in [6.07, 6.45) is 0.199. The van der Waals surface area contributed by atoms with Gasteiger partial charge in [0, 0.05) is 12.6 Å². The SMILES string of the molecule is C[C@@H]1CO[C@@H](C)CN1Cn1c(=O)oc2ccccc21. The number of nitrogens with zero attached hydrogens (tertiary/aromatic N) is 2. The van der Waals surface area contributed by atoms with Crippen LogP contribution >= 0.6 is 0 Å². The molecule has 0 amide bonds. The fourth-order valence-corrected chi connectivity index (χ4v) is 2.50. The van der Waals surface area contributed by atoms with Crippen molar-refractivity contribution < 1.29 is 9.15 Å². The molecule has 0 saturated carbocycles. The summed E-state index contributed by atoms with van der Waals surface area (Å²) in [5.74, 6) is -0.299. The van der Waals surface area contributed by atoms with Crippen LogP contribution in [0.5, 0.6) is 0 Å². The van der Waals surface area contributed by atoms with Crippen molar-refractivity contribution in [3.05, 3.63) is 34.8 Å². The van der Waals surface area contributed by atoms with Crippen LogP contribution < -0.4 is 5.76 Å². The van der Waals surface area contributed by atoms with Gasteiger partial charge in [-0.15, -0.1) is 0 Å². The minimum absolute atomic E-state index is 0.199. The van der Waals surface area contributed by atoms with Crippen molar-refractivity contribution in [1.29, 1.82) is 0 Å². The third-order valence-corrected chi connectivity index (χ3v) is 3.63. The number of morpholine rings is 1. The molecule has 2 atom stereocenters. The standard InChI is InChI=1S/C14H18N2O3/c1-10-8-18-11(2)7-15(10)9-16-12-5-3-4-6-13(12)19-14(16)17/h3-6,10-11H,7-9H2,1-2H3/t10-,11+/m1/s1. The number of benzene rings is 1. The zero-order chi connectivity index (χ0) is 13.4. The number of hydrogen-bond acceptors (Lipinski definition) is 4. The first-order valence-electron chi connectivity index (χ1n) is 6.59. The van der Waals surface area contributed by atoms with Gasteiger partial charge in [0.1, 0.15) is 0 Å². The second-order valence-electron chi connectivity index (χ2n) is 5.17. The Balaban J connectivity index is 1.92. The van der Waals surface area contributed by atoms with Gasteiger partial charge in [-0.05, 0) is 26.0 Å². The van der Waals surface area contributed by atoms with Crippen LogP contribution in [0.4, 0.5) is 0 Å². The van der Waals surface area contributed by atoms with Crippen LogP contribution in [0.1, 0.15) is 13.8 Å². The number of rotatable bonds is 2. The molecule has 3 rings (SSSR count). The highest BCUT2D eigenvalue weighted by Gasteiger charge is 2.24. The Bertz CT molecular complexity index is 631. The van der Waals surface area contributed by atoms with E-state index in [-0.39, 0.29) is 11.9 Å². The minimum atomic E-state index is -0.299. The highest BCUT2D eigenvalue weighted by atomic mass is 16.5. The molecule has 0 bridgehead atoms. The number of ether oxygens (including phenoxy) is 1. The van der Waals surface area contributed by atoms with Gasteiger partial charge in [0.2, 0.25) is 0 Å². The average Bonchev–Trinajstić information content (AvgIpc) is 2.71. The topological polar surface area (TPSA) is 47.6 Å². The van der Waals surface area contributed by atoms with Gasteiger partial charge in [-0.3, -0.25) is 9.47 Å². The Labute approximate surface area is 111 Å². The number of para-hydroxylation sites is 2. The van der Waals surface area contributed by atoms with Gasteiger partial charge in [0.05, 0.1) is 24.9 Å². The van der Waals surface area contributed by atoms with Crippen LogP contribution in [0.3, 0.4) is 0 Å². The van der Waals surface area contributed by atoms with Crippen molar-refractivity contribution in [2.45, 2.75) is 32.7 Å². The first-order chi connectivity index (χ1) is 9.15. The van der Waals surface area contributed by atoms with E-state index in [0.717, 1.165) is 12.1 Å². The van der Waals surface area contributed by atoms with Gasteiger partial charge >= 0.3 is 5.76 Å². The van der Waals surface area contributed by atoms with Crippen molar-refractivity contribution in [3.63, 3.8) is 0 Å². The molecule has 1 fully saturated rings. The number of oxazole rings is 1.